The van der Waals surface area contributed by atoms with Crippen molar-refractivity contribution in [3.63, 3.8) is 0 Å². The molecule has 0 spiro atoms. The molecule has 0 fully saturated rings. The number of hydrogen-bond donors (Lipinski definition) is 2. The van der Waals surface area contributed by atoms with Crippen LogP contribution in [0.25, 0.3) is 0 Å². The quantitative estimate of drug-likeness (QED) is 0.322. The molecule has 2 N–H and O–H groups in total. The molecule has 0 radical (unpaired) electrons. The van der Waals surface area contributed by atoms with Crippen LogP contribution in [-0.2, 0) is 6.54 Å². The topological polar surface area (TPSA) is 58.1 Å². The van der Waals surface area contributed by atoms with Crippen molar-refractivity contribution < 1.29 is 9.47 Å². The van der Waals surface area contributed by atoms with Gasteiger partial charge < -0.3 is 25.0 Å². The van der Waals surface area contributed by atoms with E-state index in [0.29, 0.717) is 13.1 Å². The summed E-state index contributed by atoms with van der Waals surface area (Å²) >= 11 is 0. The predicted octanol–water partition coefficient (Wildman–Crippen LogP) is 3.60. The molecule has 1 unspecified atom stereocenters. The van der Waals surface area contributed by atoms with E-state index in [1.807, 2.05) is 24.3 Å². The van der Waals surface area contributed by atoms with Crippen LogP contribution in [0.5, 0.6) is 11.5 Å². The van der Waals surface area contributed by atoms with E-state index in [1.54, 1.807) is 21.3 Å². The van der Waals surface area contributed by atoms with Gasteiger partial charge in [0.2, 0.25) is 0 Å². The summed E-state index contributed by atoms with van der Waals surface area (Å²) in [7, 11) is 9.29. The molecule has 1 atom stereocenters. The molecule has 0 aromatic heterocycles. The fourth-order valence-corrected chi connectivity index (χ4v) is 3.10. The summed E-state index contributed by atoms with van der Waals surface area (Å²) in [6.45, 7) is 3.38. The lowest BCUT2D eigenvalue weighted by Gasteiger charge is -2.27. The fourth-order valence-electron chi connectivity index (χ4n) is 3.10. The van der Waals surface area contributed by atoms with Crippen LogP contribution < -0.4 is 20.1 Å². The van der Waals surface area contributed by atoms with Crippen LogP contribution in [-0.4, -0.2) is 52.8 Å². The van der Waals surface area contributed by atoms with Crippen LogP contribution >= 0.6 is 24.0 Å². The van der Waals surface area contributed by atoms with Crippen LogP contribution in [0.2, 0.25) is 0 Å². The molecule has 7 heteroatoms. The second-order valence-corrected chi connectivity index (χ2v) is 6.84. The first-order chi connectivity index (χ1) is 13.5. The largest absolute Gasteiger partial charge is 0.496 e. The van der Waals surface area contributed by atoms with E-state index in [9.17, 15) is 0 Å². The minimum absolute atomic E-state index is 0. The Labute approximate surface area is 191 Å². The molecule has 0 amide bonds. The molecule has 6 nitrogen and oxygen atoms in total. The van der Waals surface area contributed by atoms with Gasteiger partial charge in [0.15, 0.2) is 5.96 Å². The lowest BCUT2D eigenvalue weighted by Crippen LogP contribution is -2.41. The highest BCUT2D eigenvalue weighted by molar-refractivity contribution is 14.0. The van der Waals surface area contributed by atoms with Gasteiger partial charge in [-0.25, -0.2) is 0 Å². The van der Waals surface area contributed by atoms with Crippen molar-refractivity contribution in [1.82, 2.24) is 15.5 Å². The van der Waals surface area contributed by atoms with Crippen LogP contribution in [0.4, 0.5) is 0 Å². The zero-order valence-electron chi connectivity index (χ0n) is 18.2. The second-order valence-electron chi connectivity index (χ2n) is 6.84. The highest BCUT2D eigenvalue weighted by Crippen LogP contribution is 2.27. The first kappa shape index (κ1) is 25.0. The number of para-hydroxylation sites is 1. The standard InChI is InChI=1S/C22H32N4O2.HI/c1-16-11-12-17(21(13-16)28-6)14-24-22(23-2)25-15-19(26(3)4)18-9-7-8-10-20(18)27-5;/h7-13,19H,14-15H2,1-6H3,(H2,23,24,25);1H. The number of aryl methyl sites for hydroxylation is 1. The molecule has 0 heterocycles. The third-order valence-corrected chi connectivity index (χ3v) is 4.70. The first-order valence-corrected chi connectivity index (χ1v) is 9.37. The van der Waals surface area contributed by atoms with Gasteiger partial charge in [-0.05, 0) is 38.7 Å². The molecule has 0 aliphatic heterocycles. The Morgan fingerprint density at radius 2 is 1.72 bits per heavy atom. The highest BCUT2D eigenvalue weighted by Gasteiger charge is 2.18. The average molecular weight is 512 g/mol. The van der Waals surface area contributed by atoms with Gasteiger partial charge >= 0.3 is 0 Å². The summed E-state index contributed by atoms with van der Waals surface area (Å²) in [6, 6.07) is 14.4. The maximum absolute atomic E-state index is 5.54. The number of rotatable bonds is 8. The number of methoxy groups -OCH3 is 2. The van der Waals surface area contributed by atoms with Crippen LogP contribution in [0.1, 0.15) is 22.7 Å². The Bertz CT molecular complexity index is 796. The second kappa shape index (κ2) is 12.5. The highest BCUT2D eigenvalue weighted by atomic mass is 127. The SMILES string of the molecule is CN=C(NCc1ccc(C)cc1OC)NCC(c1ccccc1OC)N(C)C.I. The summed E-state index contributed by atoms with van der Waals surface area (Å²) in [5.41, 5.74) is 3.40. The van der Waals surface area contributed by atoms with Crippen molar-refractivity contribution >= 4 is 29.9 Å². The fraction of sp³-hybridized carbons (Fsp3) is 0.409. The van der Waals surface area contributed by atoms with Crippen LogP contribution in [0.15, 0.2) is 47.5 Å². The number of ether oxygens (including phenoxy) is 2. The van der Waals surface area contributed by atoms with Gasteiger partial charge in [0.05, 0.1) is 20.3 Å². The zero-order chi connectivity index (χ0) is 20.5. The van der Waals surface area contributed by atoms with Gasteiger partial charge in [-0.3, -0.25) is 4.99 Å². The van der Waals surface area contributed by atoms with E-state index in [-0.39, 0.29) is 30.0 Å². The average Bonchev–Trinajstić information content (AvgIpc) is 2.71. The van der Waals surface area contributed by atoms with Gasteiger partial charge in [-0.15, -0.1) is 24.0 Å². The maximum atomic E-state index is 5.54. The normalized spacial score (nSPS) is 12.2. The molecule has 0 aliphatic rings. The molecule has 2 aromatic carbocycles. The molecule has 0 bridgehead atoms. The molecular formula is C22H33IN4O2. The van der Waals surface area contributed by atoms with E-state index in [2.05, 4.69) is 59.7 Å². The minimum Gasteiger partial charge on any atom is -0.496 e. The molecule has 160 valence electrons. The van der Waals surface area contributed by atoms with E-state index in [0.717, 1.165) is 28.6 Å². The zero-order valence-corrected chi connectivity index (χ0v) is 20.5. The summed E-state index contributed by atoms with van der Waals surface area (Å²) in [5.74, 6) is 2.50. The molecule has 2 rings (SSSR count). The van der Waals surface area contributed by atoms with Gasteiger partial charge in [-0.2, -0.15) is 0 Å². The Balaban J connectivity index is 0.00000420. The third kappa shape index (κ3) is 7.08. The Morgan fingerprint density at radius 1 is 1.03 bits per heavy atom. The van der Waals surface area contributed by atoms with Crippen molar-refractivity contribution in [2.75, 3.05) is 41.9 Å². The summed E-state index contributed by atoms with van der Waals surface area (Å²) in [5, 5.41) is 6.78. The van der Waals surface area contributed by atoms with Crippen molar-refractivity contribution in [1.29, 1.82) is 0 Å². The van der Waals surface area contributed by atoms with Crippen LogP contribution in [0, 0.1) is 6.92 Å². The van der Waals surface area contributed by atoms with Crippen molar-refractivity contribution in [2.24, 2.45) is 4.99 Å². The van der Waals surface area contributed by atoms with Crippen LogP contribution in [0.3, 0.4) is 0 Å². The maximum Gasteiger partial charge on any atom is 0.191 e. The number of halogens is 1. The van der Waals surface area contributed by atoms with Crippen molar-refractivity contribution in [3.05, 3.63) is 59.2 Å². The monoisotopic (exact) mass is 512 g/mol. The minimum atomic E-state index is 0. The number of benzene rings is 2. The Kier molecular flexibility index (Phi) is 10.8. The first-order valence-electron chi connectivity index (χ1n) is 9.37. The molecule has 2 aromatic rings. The van der Waals surface area contributed by atoms with E-state index in [1.165, 1.54) is 5.56 Å². The van der Waals surface area contributed by atoms with E-state index < -0.39 is 0 Å². The Morgan fingerprint density at radius 3 is 2.34 bits per heavy atom. The number of nitrogens with zero attached hydrogens (tertiary/aromatic N) is 2. The summed E-state index contributed by atoms with van der Waals surface area (Å²) < 4.78 is 11.0. The summed E-state index contributed by atoms with van der Waals surface area (Å²) in [6.07, 6.45) is 0. The lowest BCUT2D eigenvalue weighted by atomic mass is 10.0. The lowest BCUT2D eigenvalue weighted by molar-refractivity contribution is 0.287. The molecule has 0 saturated carbocycles. The number of nitrogens with one attached hydrogen (secondary N) is 2. The number of hydrogen-bond acceptors (Lipinski definition) is 4. The Hall–Kier alpha value is -2.00. The number of aliphatic imine (C=N–C) groups is 1. The molecular weight excluding hydrogens is 479 g/mol. The third-order valence-electron chi connectivity index (χ3n) is 4.70. The molecule has 0 aliphatic carbocycles. The summed E-state index contributed by atoms with van der Waals surface area (Å²) in [4.78, 5) is 6.52. The van der Waals surface area contributed by atoms with Gasteiger partial charge in [0, 0.05) is 31.3 Å². The van der Waals surface area contributed by atoms with Crippen molar-refractivity contribution in [2.45, 2.75) is 19.5 Å². The molecule has 29 heavy (non-hydrogen) atoms. The van der Waals surface area contributed by atoms with Gasteiger partial charge in [-0.1, -0.05) is 30.3 Å². The molecule has 0 saturated heterocycles. The van der Waals surface area contributed by atoms with Gasteiger partial charge in [0.25, 0.3) is 0 Å². The van der Waals surface area contributed by atoms with E-state index in [4.69, 9.17) is 9.47 Å². The number of guanidine groups is 1. The smallest absolute Gasteiger partial charge is 0.191 e. The van der Waals surface area contributed by atoms with Crippen molar-refractivity contribution in [3.8, 4) is 11.5 Å². The van der Waals surface area contributed by atoms with Gasteiger partial charge in [0.1, 0.15) is 11.5 Å². The predicted molar refractivity (Wildman–Crippen MR) is 131 cm³/mol. The van der Waals surface area contributed by atoms with E-state index >= 15 is 0 Å². The number of likely N-dealkylation sites (N-methyl/N-ethyl adjacent to an activating group) is 1.